The molecule has 13 rings (SSSR count). The van der Waals surface area contributed by atoms with Crippen LogP contribution in [0.15, 0.2) is 237 Å². The second-order valence-electron chi connectivity index (χ2n) is 19.2. The smallest absolute Gasteiger partial charge is 0.0714 e. The summed E-state index contributed by atoms with van der Waals surface area (Å²) in [5.74, 6) is 0.268. The van der Waals surface area contributed by atoms with Gasteiger partial charge in [-0.25, -0.2) is 0 Å². The van der Waals surface area contributed by atoms with Gasteiger partial charge in [0.25, 0.3) is 0 Å². The van der Waals surface area contributed by atoms with Crippen molar-refractivity contribution in [2.45, 2.75) is 37.5 Å². The maximum absolute atomic E-state index is 2.58. The number of hydrogen-bond donors (Lipinski definition) is 0. The highest BCUT2D eigenvalue weighted by atomic mass is 15.1. The third-order valence-corrected chi connectivity index (χ3v) is 15.4. The van der Waals surface area contributed by atoms with Gasteiger partial charge in [0, 0.05) is 28.3 Å². The molecule has 0 radical (unpaired) electrons. The summed E-state index contributed by atoms with van der Waals surface area (Å²) in [6, 6.07) is 88.9. The van der Waals surface area contributed by atoms with Gasteiger partial charge in [-0.1, -0.05) is 221 Å². The van der Waals surface area contributed by atoms with Gasteiger partial charge in [0.05, 0.1) is 11.1 Å². The van der Waals surface area contributed by atoms with Gasteiger partial charge >= 0.3 is 0 Å². The molecule has 0 spiro atoms. The molecule has 0 saturated heterocycles. The average Bonchev–Trinajstić information content (AvgIpc) is 3.94. The first kappa shape index (κ1) is 39.4. The molecule has 0 aliphatic heterocycles. The fraction of sp³-hybridized carbons (Fsp3) is 0.0909. The van der Waals surface area contributed by atoms with Crippen molar-refractivity contribution in [3.8, 4) is 55.6 Å². The first-order valence-electron chi connectivity index (χ1n) is 23.7. The van der Waals surface area contributed by atoms with E-state index >= 15 is 0 Å². The first-order chi connectivity index (χ1) is 32.9. The number of anilines is 3. The molecule has 1 nitrogen and oxygen atoms in total. The van der Waals surface area contributed by atoms with Gasteiger partial charge in [-0.3, -0.25) is 0 Å². The Balaban J connectivity index is 1.13. The van der Waals surface area contributed by atoms with E-state index in [0.29, 0.717) is 0 Å². The molecule has 318 valence electrons. The van der Waals surface area contributed by atoms with Crippen LogP contribution in [0.4, 0.5) is 17.1 Å². The summed E-state index contributed by atoms with van der Waals surface area (Å²) in [6.07, 6.45) is 0. The quantitative estimate of drug-likeness (QED) is 0.154. The molecule has 3 aliphatic rings. The van der Waals surface area contributed by atoms with E-state index in [2.05, 4.69) is 262 Å². The van der Waals surface area contributed by atoms with Crippen molar-refractivity contribution in [1.29, 1.82) is 0 Å². The number of benzene rings is 10. The van der Waals surface area contributed by atoms with Gasteiger partial charge in [0.15, 0.2) is 0 Å². The molecule has 10 aromatic carbocycles. The van der Waals surface area contributed by atoms with Crippen LogP contribution in [-0.2, 0) is 10.8 Å². The van der Waals surface area contributed by atoms with Crippen molar-refractivity contribution >= 4 is 17.1 Å². The van der Waals surface area contributed by atoms with E-state index in [9.17, 15) is 0 Å². The van der Waals surface area contributed by atoms with Crippen LogP contribution >= 0.6 is 0 Å². The minimum atomic E-state index is -0.569. The maximum Gasteiger partial charge on any atom is 0.0714 e. The third-order valence-electron chi connectivity index (χ3n) is 15.4. The molecule has 1 heteroatoms. The fourth-order valence-electron chi connectivity index (χ4n) is 12.2. The molecular formula is C66H49N. The summed E-state index contributed by atoms with van der Waals surface area (Å²) in [7, 11) is 0. The van der Waals surface area contributed by atoms with Crippen LogP contribution in [0.1, 0.15) is 71.2 Å². The highest BCUT2D eigenvalue weighted by molar-refractivity contribution is 5.98. The molecule has 0 fully saturated rings. The van der Waals surface area contributed by atoms with Crippen LogP contribution in [0.3, 0.4) is 0 Å². The Bertz CT molecular complexity index is 3510. The molecule has 0 N–H and O–H groups in total. The Morgan fingerprint density at radius 1 is 0.328 bits per heavy atom. The van der Waals surface area contributed by atoms with E-state index in [4.69, 9.17) is 0 Å². The summed E-state index contributed by atoms with van der Waals surface area (Å²) >= 11 is 0. The lowest BCUT2D eigenvalue weighted by atomic mass is 9.67. The van der Waals surface area contributed by atoms with Crippen LogP contribution in [0.2, 0.25) is 0 Å². The molecule has 0 heterocycles. The van der Waals surface area contributed by atoms with Gasteiger partial charge in [-0.15, -0.1) is 0 Å². The lowest BCUT2D eigenvalue weighted by Crippen LogP contribution is -2.28. The molecule has 0 amide bonds. The SMILES string of the molecule is CC1c2ccccc2-c2ccc(N(c3ccc4c(c3)C(C)(C)c3ccccc3-4)c3cc4c(cc3-c3ccc(-c5ccccc5)cc3)-c3ccccc3C4(c3ccccc3)c3ccccc3)cc21. The molecule has 3 aliphatic carbocycles. The number of hydrogen-bond acceptors (Lipinski definition) is 1. The monoisotopic (exact) mass is 855 g/mol. The number of rotatable bonds is 7. The highest BCUT2D eigenvalue weighted by Gasteiger charge is 2.47. The standard InChI is InChI=1S/C66H49N/c1-43-51-25-13-14-26-52(51)53-37-35-49(39-57(43)53)67(50-36-38-56-54-27-15-17-29-60(54)65(2,3)62(56)40-50)64-42-63-59(41-58(64)46-33-31-45(32-34-46)44-19-7-4-8-20-44)55-28-16-18-30-61(55)66(63,47-21-9-5-10-22-47)48-23-11-6-12-24-48/h4-43H,1-3H3. The van der Waals surface area contributed by atoms with Crippen molar-refractivity contribution in [1.82, 2.24) is 0 Å². The van der Waals surface area contributed by atoms with E-state index in [1.165, 1.54) is 100 Å². The highest BCUT2D eigenvalue weighted by Crippen LogP contribution is 2.60. The number of fused-ring (bicyclic) bond motifs is 9. The Labute approximate surface area is 394 Å². The maximum atomic E-state index is 2.58. The molecule has 0 saturated carbocycles. The Hall–Kier alpha value is -8.00. The molecular weight excluding hydrogens is 807 g/mol. The Morgan fingerprint density at radius 2 is 0.821 bits per heavy atom. The van der Waals surface area contributed by atoms with Crippen LogP contribution in [0.5, 0.6) is 0 Å². The van der Waals surface area contributed by atoms with Crippen molar-refractivity contribution < 1.29 is 0 Å². The van der Waals surface area contributed by atoms with Gasteiger partial charge in [0.1, 0.15) is 0 Å². The van der Waals surface area contributed by atoms with Crippen molar-refractivity contribution in [3.63, 3.8) is 0 Å². The Morgan fingerprint density at radius 3 is 1.51 bits per heavy atom. The van der Waals surface area contributed by atoms with Gasteiger partial charge in [-0.2, -0.15) is 0 Å². The summed E-state index contributed by atoms with van der Waals surface area (Å²) in [6.45, 7) is 7.15. The van der Waals surface area contributed by atoms with Crippen LogP contribution in [0, 0.1) is 0 Å². The molecule has 0 aromatic heterocycles. The van der Waals surface area contributed by atoms with Crippen LogP contribution < -0.4 is 4.90 Å². The second-order valence-corrected chi connectivity index (χ2v) is 19.2. The average molecular weight is 856 g/mol. The van der Waals surface area contributed by atoms with Crippen LogP contribution in [-0.4, -0.2) is 0 Å². The minimum Gasteiger partial charge on any atom is -0.310 e. The van der Waals surface area contributed by atoms with Gasteiger partial charge in [0.2, 0.25) is 0 Å². The van der Waals surface area contributed by atoms with E-state index < -0.39 is 5.41 Å². The zero-order valence-corrected chi connectivity index (χ0v) is 38.0. The zero-order chi connectivity index (χ0) is 44.9. The van der Waals surface area contributed by atoms with E-state index in [-0.39, 0.29) is 11.3 Å². The van der Waals surface area contributed by atoms with Crippen LogP contribution in [0.25, 0.3) is 55.6 Å². The van der Waals surface area contributed by atoms with Gasteiger partial charge in [-0.05, 0) is 131 Å². The normalized spacial score (nSPS) is 15.2. The zero-order valence-electron chi connectivity index (χ0n) is 38.0. The summed E-state index contributed by atoms with van der Waals surface area (Å²) in [5, 5.41) is 0. The fourth-order valence-corrected chi connectivity index (χ4v) is 12.2. The van der Waals surface area contributed by atoms with Gasteiger partial charge < -0.3 is 4.90 Å². The van der Waals surface area contributed by atoms with Crippen molar-refractivity contribution in [3.05, 3.63) is 281 Å². The molecule has 10 aromatic rings. The van der Waals surface area contributed by atoms with E-state index in [1.54, 1.807) is 0 Å². The largest absolute Gasteiger partial charge is 0.310 e. The minimum absolute atomic E-state index is 0.173. The predicted octanol–water partition coefficient (Wildman–Crippen LogP) is 17.3. The van der Waals surface area contributed by atoms with E-state index in [1.807, 2.05) is 0 Å². The molecule has 0 bridgehead atoms. The summed E-state index contributed by atoms with van der Waals surface area (Å²) in [4.78, 5) is 2.58. The Kier molecular flexibility index (Phi) is 8.83. The molecule has 1 unspecified atom stereocenters. The first-order valence-corrected chi connectivity index (χ1v) is 23.7. The molecule has 67 heavy (non-hydrogen) atoms. The third kappa shape index (κ3) is 5.81. The summed E-state index contributed by atoms with van der Waals surface area (Å²) < 4.78 is 0. The predicted molar refractivity (Wildman–Crippen MR) is 280 cm³/mol. The van der Waals surface area contributed by atoms with Crippen molar-refractivity contribution in [2.75, 3.05) is 4.90 Å². The van der Waals surface area contributed by atoms with Crippen molar-refractivity contribution in [2.24, 2.45) is 0 Å². The molecule has 1 atom stereocenters. The summed E-state index contributed by atoms with van der Waals surface area (Å²) in [5.41, 5.74) is 25.9. The number of nitrogens with zero attached hydrogens (tertiary/aromatic N) is 1. The topological polar surface area (TPSA) is 3.24 Å². The second kappa shape index (κ2) is 15.0. The lowest BCUT2D eigenvalue weighted by Gasteiger charge is -2.36. The van der Waals surface area contributed by atoms with E-state index in [0.717, 1.165) is 17.1 Å². The lowest BCUT2D eigenvalue weighted by molar-refractivity contribution is 0.660.